The first kappa shape index (κ1) is 13.8. The smallest absolute Gasteiger partial charge is 0.223 e. The summed E-state index contributed by atoms with van der Waals surface area (Å²) in [6.07, 6.45) is 2.76. The van der Waals surface area contributed by atoms with E-state index in [0.717, 1.165) is 71.9 Å². The van der Waals surface area contributed by atoms with Crippen LogP contribution >= 0.6 is 0 Å². The van der Waals surface area contributed by atoms with E-state index < -0.39 is 0 Å². The van der Waals surface area contributed by atoms with Gasteiger partial charge in [-0.2, -0.15) is 0 Å². The highest BCUT2D eigenvalue weighted by molar-refractivity contribution is 5.78. The first-order valence-electron chi connectivity index (χ1n) is 7.02. The van der Waals surface area contributed by atoms with Gasteiger partial charge in [-0.1, -0.05) is 0 Å². The third kappa shape index (κ3) is 4.55. The summed E-state index contributed by atoms with van der Waals surface area (Å²) in [5.74, 6) is 0.377. The lowest BCUT2D eigenvalue weighted by molar-refractivity contribution is -0.127. The number of carbonyl (C=O) groups excluding carboxylic acids is 1. The summed E-state index contributed by atoms with van der Waals surface area (Å²) in [6, 6.07) is 0. The molecule has 0 aromatic heterocycles. The van der Waals surface area contributed by atoms with Gasteiger partial charge in [0.05, 0.1) is 13.2 Å². The minimum Gasteiger partial charge on any atom is -0.381 e. The van der Waals surface area contributed by atoms with E-state index in [1.807, 2.05) is 0 Å². The van der Waals surface area contributed by atoms with Crippen molar-refractivity contribution in [3.8, 4) is 0 Å². The van der Waals surface area contributed by atoms with E-state index in [4.69, 9.17) is 9.47 Å². The van der Waals surface area contributed by atoms with Gasteiger partial charge in [0.25, 0.3) is 0 Å². The van der Waals surface area contributed by atoms with Crippen LogP contribution in [0.2, 0.25) is 0 Å². The Morgan fingerprint density at radius 2 is 1.78 bits per heavy atom. The highest BCUT2D eigenvalue weighted by Gasteiger charge is 2.20. The van der Waals surface area contributed by atoms with Gasteiger partial charge in [0, 0.05) is 38.8 Å². The molecule has 0 unspecified atom stereocenters. The van der Waals surface area contributed by atoms with E-state index in [9.17, 15) is 4.79 Å². The monoisotopic (exact) mass is 256 g/mol. The zero-order chi connectivity index (χ0) is 12.6. The molecule has 0 bridgehead atoms. The van der Waals surface area contributed by atoms with Crippen LogP contribution in [0.3, 0.4) is 0 Å². The maximum Gasteiger partial charge on any atom is 0.223 e. The Balaban J connectivity index is 1.52. The van der Waals surface area contributed by atoms with Crippen molar-refractivity contribution in [2.75, 3.05) is 52.6 Å². The molecule has 2 heterocycles. The van der Waals surface area contributed by atoms with Crippen molar-refractivity contribution in [3.63, 3.8) is 0 Å². The summed E-state index contributed by atoms with van der Waals surface area (Å²) in [6.45, 7) is 7.02. The molecule has 0 spiro atoms. The number of morpholine rings is 1. The molecule has 0 atom stereocenters. The van der Waals surface area contributed by atoms with Gasteiger partial charge in [-0.15, -0.1) is 0 Å². The Kier molecular flexibility index (Phi) is 5.90. The van der Waals surface area contributed by atoms with E-state index in [1.165, 1.54) is 0 Å². The maximum atomic E-state index is 11.8. The number of hydrogen-bond donors (Lipinski definition) is 1. The largest absolute Gasteiger partial charge is 0.381 e. The molecule has 5 heteroatoms. The number of hydrogen-bond acceptors (Lipinski definition) is 4. The van der Waals surface area contributed by atoms with Gasteiger partial charge < -0.3 is 14.8 Å². The molecule has 1 N–H and O–H groups in total. The Morgan fingerprint density at radius 3 is 2.50 bits per heavy atom. The highest BCUT2D eigenvalue weighted by Crippen LogP contribution is 2.14. The topological polar surface area (TPSA) is 50.8 Å². The molecule has 0 radical (unpaired) electrons. The fourth-order valence-electron chi connectivity index (χ4n) is 2.44. The fourth-order valence-corrected chi connectivity index (χ4v) is 2.44. The van der Waals surface area contributed by atoms with Crippen molar-refractivity contribution < 1.29 is 14.3 Å². The molecule has 5 nitrogen and oxygen atoms in total. The molecular formula is C13H24N2O3. The van der Waals surface area contributed by atoms with Crippen LogP contribution < -0.4 is 5.32 Å². The number of amides is 1. The summed E-state index contributed by atoms with van der Waals surface area (Å²) in [5, 5.41) is 3.04. The third-order valence-corrected chi connectivity index (χ3v) is 3.65. The lowest BCUT2D eigenvalue weighted by atomic mass is 9.99. The Hall–Kier alpha value is -0.650. The Morgan fingerprint density at radius 1 is 1.11 bits per heavy atom. The summed E-state index contributed by atoms with van der Waals surface area (Å²) >= 11 is 0. The van der Waals surface area contributed by atoms with Gasteiger partial charge in [-0.05, 0) is 25.8 Å². The van der Waals surface area contributed by atoms with Crippen LogP contribution in [0.1, 0.15) is 19.3 Å². The van der Waals surface area contributed by atoms with Crippen LogP contribution in [0.5, 0.6) is 0 Å². The molecule has 0 aromatic rings. The van der Waals surface area contributed by atoms with Crippen molar-refractivity contribution in [3.05, 3.63) is 0 Å². The average molecular weight is 256 g/mol. The summed E-state index contributed by atoms with van der Waals surface area (Å²) in [5.41, 5.74) is 0. The van der Waals surface area contributed by atoms with Crippen LogP contribution in [0, 0.1) is 5.92 Å². The van der Waals surface area contributed by atoms with Gasteiger partial charge in [-0.3, -0.25) is 9.69 Å². The molecule has 104 valence electrons. The zero-order valence-corrected chi connectivity index (χ0v) is 11.0. The second-order valence-electron chi connectivity index (χ2n) is 4.99. The molecule has 0 aromatic carbocycles. The van der Waals surface area contributed by atoms with Gasteiger partial charge in [0.15, 0.2) is 0 Å². The summed E-state index contributed by atoms with van der Waals surface area (Å²) < 4.78 is 10.6. The first-order chi connectivity index (χ1) is 8.86. The highest BCUT2D eigenvalue weighted by atomic mass is 16.5. The Labute approximate surface area is 109 Å². The molecule has 0 aliphatic carbocycles. The van der Waals surface area contributed by atoms with Crippen molar-refractivity contribution >= 4 is 5.91 Å². The van der Waals surface area contributed by atoms with Crippen LogP contribution in [0.4, 0.5) is 0 Å². The van der Waals surface area contributed by atoms with Crippen LogP contribution in [0.15, 0.2) is 0 Å². The SMILES string of the molecule is O=C(NCCCN1CCOCC1)C1CCOCC1. The lowest BCUT2D eigenvalue weighted by Gasteiger charge is -2.26. The van der Waals surface area contributed by atoms with Gasteiger partial charge in [-0.25, -0.2) is 0 Å². The van der Waals surface area contributed by atoms with Crippen molar-refractivity contribution in [1.82, 2.24) is 10.2 Å². The summed E-state index contributed by atoms with van der Waals surface area (Å²) in [7, 11) is 0. The predicted octanol–water partition coefficient (Wildman–Crippen LogP) is 0.252. The van der Waals surface area contributed by atoms with Crippen LogP contribution in [-0.4, -0.2) is 63.4 Å². The number of carbonyl (C=O) groups is 1. The normalized spacial score (nSPS) is 22.9. The van der Waals surface area contributed by atoms with E-state index in [1.54, 1.807) is 0 Å². The molecular weight excluding hydrogens is 232 g/mol. The number of ether oxygens (including phenoxy) is 2. The standard InChI is InChI=1S/C13H24N2O3/c16-13(12-2-8-17-9-3-12)14-4-1-5-15-6-10-18-11-7-15/h12H,1-11H2,(H,14,16). The van der Waals surface area contributed by atoms with Crippen molar-refractivity contribution in [1.29, 1.82) is 0 Å². The van der Waals surface area contributed by atoms with Gasteiger partial charge in [0.1, 0.15) is 0 Å². The average Bonchev–Trinajstić information content (AvgIpc) is 2.45. The lowest BCUT2D eigenvalue weighted by Crippen LogP contribution is -2.39. The minimum atomic E-state index is 0.169. The quantitative estimate of drug-likeness (QED) is 0.717. The zero-order valence-electron chi connectivity index (χ0n) is 11.0. The molecule has 18 heavy (non-hydrogen) atoms. The molecule has 1 amide bonds. The van der Waals surface area contributed by atoms with Crippen molar-refractivity contribution in [2.45, 2.75) is 19.3 Å². The number of nitrogens with one attached hydrogen (secondary N) is 1. The van der Waals surface area contributed by atoms with Crippen LogP contribution in [0.25, 0.3) is 0 Å². The molecule has 2 rings (SSSR count). The maximum absolute atomic E-state index is 11.8. The number of nitrogens with zero attached hydrogens (tertiary/aromatic N) is 1. The molecule has 2 aliphatic heterocycles. The fraction of sp³-hybridized carbons (Fsp3) is 0.923. The molecule has 2 fully saturated rings. The molecule has 2 saturated heterocycles. The van der Waals surface area contributed by atoms with E-state index in [-0.39, 0.29) is 11.8 Å². The van der Waals surface area contributed by atoms with Gasteiger partial charge in [0.2, 0.25) is 5.91 Å². The summed E-state index contributed by atoms with van der Waals surface area (Å²) in [4.78, 5) is 14.2. The van der Waals surface area contributed by atoms with E-state index >= 15 is 0 Å². The van der Waals surface area contributed by atoms with Crippen LogP contribution in [-0.2, 0) is 14.3 Å². The molecule has 0 saturated carbocycles. The minimum absolute atomic E-state index is 0.169. The van der Waals surface area contributed by atoms with Gasteiger partial charge >= 0.3 is 0 Å². The van der Waals surface area contributed by atoms with Crippen molar-refractivity contribution in [2.24, 2.45) is 5.92 Å². The number of rotatable bonds is 5. The van der Waals surface area contributed by atoms with E-state index in [0.29, 0.717) is 0 Å². The second-order valence-corrected chi connectivity index (χ2v) is 4.99. The molecule has 2 aliphatic rings. The van der Waals surface area contributed by atoms with E-state index in [2.05, 4.69) is 10.2 Å². The Bertz CT molecular complexity index is 249. The first-order valence-corrected chi connectivity index (χ1v) is 7.02. The third-order valence-electron chi connectivity index (χ3n) is 3.65. The second kappa shape index (κ2) is 7.71. The predicted molar refractivity (Wildman–Crippen MR) is 68.4 cm³/mol.